The minimum absolute atomic E-state index is 0.225. The van der Waals surface area contributed by atoms with E-state index in [0.29, 0.717) is 13.1 Å². The van der Waals surface area contributed by atoms with Gasteiger partial charge in [0.1, 0.15) is 5.97 Å². The first kappa shape index (κ1) is 11.2. The van der Waals surface area contributed by atoms with Crippen molar-refractivity contribution in [3.63, 3.8) is 0 Å². The number of anilines is 2. The van der Waals surface area contributed by atoms with Crippen LogP contribution in [-0.2, 0) is 0 Å². The summed E-state index contributed by atoms with van der Waals surface area (Å²) in [4.78, 5) is 21.9. The van der Waals surface area contributed by atoms with Crippen LogP contribution in [0.4, 0.5) is 11.9 Å². The lowest BCUT2D eigenvalue weighted by atomic mass is 10.6. The van der Waals surface area contributed by atoms with Crippen molar-refractivity contribution in [1.82, 2.24) is 15.0 Å². The predicted octanol–water partition coefficient (Wildman–Crippen LogP) is -0.901. The number of carbonyl (C=O) groups excluding carboxylic acids is 1. The van der Waals surface area contributed by atoms with Crippen molar-refractivity contribution < 1.29 is 9.90 Å². The molecule has 0 aliphatic heterocycles. The molecule has 1 aromatic heterocycles. The molecule has 15 heavy (non-hydrogen) atoms. The van der Waals surface area contributed by atoms with Gasteiger partial charge >= 0.3 is 0 Å². The summed E-state index contributed by atoms with van der Waals surface area (Å²) < 4.78 is 0. The van der Waals surface area contributed by atoms with Gasteiger partial charge in [0.2, 0.25) is 11.9 Å². The number of nitrogens with one attached hydrogen (secondary N) is 2. The number of rotatable bonds is 5. The normalized spacial score (nSPS) is 9.73. The van der Waals surface area contributed by atoms with Crippen molar-refractivity contribution in [1.29, 1.82) is 0 Å². The Bertz CT molecular complexity index is 331. The Kier molecular flexibility index (Phi) is 3.78. The predicted molar refractivity (Wildman–Crippen MR) is 52.5 cm³/mol. The fraction of sp³-hybridized carbons (Fsp3) is 0.500. The van der Waals surface area contributed by atoms with E-state index in [4.69, 9.17) is 0 Å². The molecular formula is C8H12N5O2-. The molecule has 0 saturated heterocycles. The highest BCUT2D eigenvalue weighted by Gasteiger charge is 2.05. The van der Waals surface area contributed by atoms with Crippen molar-refractivity contribution in [3.8, 4) is 0 Å². The first-order valence-corrected chi connectivity index (χ1v) is 4.62. The van der Waals surface area contributed by atoms with Crippen LogP contribution in [-0.4, -0.2) is 34.0 Å². The molecule has 0 atom stereocenters. The summed E-state index contributed by atoms with van der Waals surface area (Å²) >= 11 is 0. The van der Waals surface area contributed by atoms with Crippen LogP contribution >= 0.6 is 0 Å². The molecule has 7 nitrogen and oxygen atoms in total. The van der Waals surface area contributed by atoms with Crippen LogP contribution in [0.5, 0.6) is 0 Å². The number of aromatic carboxylic acids is 1. The molecular weight excluding hydrogens is 198 g/mol. The summed E-state index contributed by atoms with van der Waals surface area (Å²) in [6, 6.07) is 0. The Morgan fingerprint density at radius 1 is 1.13 bits per heavy atom. The lowest BCUT2D eigenvalue weighted by Crippen LogP contribution is -2.26. The molecule has 2 N–H and O–H groups in total. The molecule has 0 aliphatic rings. The van der Waals surface area contributed by atoms with Gasteiger partial charge in [0.25, 0.3) is 0 Å². The number of hydrogen-bond acceptors (Lipinski definition) is 7. The third-order valence-electron chi connectivity index (χ3n) is 1.49. The van der Waals surface area contributed by atoms with E-state index >= 15 is 0 Å². The van der Waals surface area contributed by atoms with Crippen molar-refractivity contribution in [3.05, 3.63) is 5.82 Å². The number of carboxylic acid groups (broad SMARTS) is 1. The SMILES string of the molecule is CCNc1nc(NCC)nc(C(=O)[O-])n1. The second kappa shape index (κ2) is 5.08. The van der Waals surface area contributed by atoms with Crippen LogP contribution in [0.3, 0.4) is 0 Å². The maximum atomic E-state index is 10.6. The second-order valence-electron chi connectivity index (χ2n) is 2.65. The molecule has 1 heterocycles. The fourth-order valence-corrected chi connectivity index (χ4v) is 0.942. The summed E-state index contributed by atoms with van der Waals surface area (Å²) in [5.41, 5.74) is 0. The third-order valence-corrected chi connectivity index (χ3v) is 1.49. The van der Waals surface area contributed by atoms with Crippen LogP contribution in [0.2, 0.25) is 0 Å². The average molecular weight is 210 g/mol. The van der Waals surface area contributed by atoms with Gasteiger partial charge in [-0.2, -0.15) is 15.0 Å². The lowest BCUT2D eigenvalue weighted by Gasteiger charge is -2.08. The van der Waals surface area contributed by atoms with E-state index in [1.165, 1.54) is 0 Å². The van der Waals surface area contributed by atoms with Gasteiger partial charge in [-0.15, -0.1) is 0 Å². The third kappa shape index (κ3) is 3.04. The zero-order valence-electron chi connectivity index (χ0n) is 8.57. The van der Waals surface area contributed by atoms with Crippen molar-refractivity contribution >= 4 is 17.9 Å². The van der Waals surface area contributed by atoms with Crippen molar-refractivity contribution in [2.45, 2.75) is 13.8 Å². The quantitative estimate of drug-likeness (QED) is 0.649. The largest absolute Gasteiger partial charge is 0.541 e. The lowest BCUT2D eigenvalue weighted by molar-refractivity contribution is -0.256. The maximum absolute atomic E-state index is 10.6. The minimum atomic E-state index is -1.42. The molecule has 0 bridgehead atoms. The molecule has 0 radical (unpaired) electrons. The molecule has 0 spiro atoms. The molecule has 0 fully saturated rings. The van der Waals surface area contributed by atoms with E-state index in [0.717, 1.165) is 0 Å². The molecule has 1 rings (SSSR count). The summed E-state index contributed by atoms with van der Waals surface area (Å²) in [6.45, 7) is 4.91. The van der Waals surface area contributed by atoms with Gasteiger partial charge in [-0.1, -0.05) is 0 Å². The topological polar surface area (TPSA) is 103 Å². The van der Waals surface area contributed by atoms with Gasteiger partial charge in [0.15, 0.2) is 5.82 Å². The van der Waals surface area contributed by atoms with Gasteiger partial charge in [-0.05, 0) is 13.8 Å². The average Bonchev–Trinajstić information content (AvgIpc) is 2.18. The van der Waals surface area contributed by atoms with E-state index < -0.39 is 5.97 Å². The van der Waals surface area contributed by atoms with Crippen LogP contribution in [0.15, 0.2) is 0 Å². The first-order valence-electron chi connectivity index (χ1n) is 4.62. The number of aromatic nitrogens is 3. The van der Waals surface area contributed by atoms with E-state index in [9.17, 15) is 9.90 Å². The number of carboxylic acids is 1. The maximum Gasteiger partial charge on any atom is 0.228 e. The summed E-state index contributed by atoms with van der Waals surface area (Å²) in [5.74, 6) is -1.35. The summed E-state index contributed by atoms with van der Waals surface area (Å²) in [6.07, 6.45) is 0. The number of hydrogen-bond donors (Lipinski definition) is 2. The molecule has 0 aromatic carbocycles. The molecule has 0 unspecified atom stereocenters. The highest BCUT2D eigenvalue weighted by atomic mass is 16.4. The van der Waals surface area contributed by atoms with Gasteiger partial charge < -0.3 is 20.5 Å². The summed E-state index contributed by atoms with van der Waals surface area (Å²) in [7, 11) is 0. The first-order chi connectivity index (χ1) is 7.17. The highest BCUT2D eigenvalue weighted by molar-refractivity contribution is 5.81. The zero-order valence-corrected chi connectivity index (χ0v) is 8.57. The van der Waals surface area contributed by atoms with Gasteiger partial charge in [-0.3, -0.25) is 0 Å². The van der Waals surface area contributed by atoms with Gasteiger partial charge in [-0.25, -0.2) is 0 Å². The van der Waals surface area contributed by atoms with E-state index in [2.05, 4.69) is 25.6 Å². The molecule has 82 valence electrons. The molecule has 1 aromatic rings. The standard InChI is InChI=1S/C8H13N5O2/c1-3-9-7-11-5(6(14)15)12-8(13-7)10-4-2/h3-4H2,1-2H3,(H,14,15)(H2,9,10,11,12,13)/p-1. The molecule has 0 amide bonds. The Balaban J connectivity index is 3.02. The van der Waals surface area contributed by atoms with E-state index in [1.807, 2.05) is 13.8 Å². The number of carbonyl (C=O) groups is 1. The van der Waals surface area contributed by atoms with Crippen molar-refractivity contribution in [2.24, 2.45) is 0 Å². The van der Waals surface area contributed by atoms with Gasteiger partial charge in [0, 0.05) is 13.1 Å². The van der Waals surface area contributed by atoms with E-state index in [-0.39, 0.29) is 17.7 Å². The van der Waals surface area contributed by atoms with Crippen LogP contribution < -0.4 is 15.7 Å². The van der Waals surface area contributed by atoms with Crippen LogP contribution in [0.1, 0.15) is 24.5 Å². The van der Waals surface area contributed by atoms with Gasteiger partial charge in [0.05, 0.1) is 0 Å². The number of nitrogens with zero attached hydrogens (tertiary/aromatic N) is 3. The fourth-order valence-electron chi connectivity index (χ4n) is 0.942. The molecule has 0 aliphatic carbocycles. The highest BCUT2D eigenvalue weighted by Crippen LogP contribution is 2.04. The second-order valence-corrected chi connectivity index (χ2v) is 2.65. The van der Waals surface area contributed by atoms with Crippen LogP contribution in [0.25, 0.3) is 0 Å². The Labute approximate surface area is 87.0 Å². The molecule has 7 heteroatoms. The Morgan fingerprint density at radius 3 is 1.93 bits per heavy atom. The zero-order chi connectivity index (χ0) is 11.3. The van der Waals surface area contributed by atoms with Crippen molar-refractivity contribution in [2.75, 3.05) is 23.7 Å². The van der Waals surface area contributed by atoms with Crippen LogP contribution in [0, 0.1) is 0 Å². The van der Waals surface area contributed by atoms with E-state index in [1.54, 1.807) is 0 Å². The summed E-state index contributed by atoms with van der Waals surface area (Å²) in [5, 5.41) is 16.2. The minimum Gasteiger partial charge on any atom is -0.541 e. The Hall–Kier alpha value is -1.92. The molecule has 0 saturated carbocycles. The Morgan fingerprint density at radius 2 is 1.60 bits per heavy atom. The monoisotopic (exact) mass is 210 g/mol. The smallest absolute Gasteiger partial charge is 0.228 e.